The van der Waals surface area contributed by atoms with Crippen molar-refractivity contribution in [1.29, 1.82) is 0 Å². The molecule has 2 aliphatic heterocycles. The van der Waals surface area contributed by atoms with E-state index >= 15 is 0 Å². The Labute approximate surface area is 230 Å². The number of rotatable bonds is 6. The highest BCUT2D eigenvalue weighted by Gasteiger charge is 2.37. The zero-order valence-electron chi connectivity index (χ0n) is 20.1. The normalized spacial score (nSPS) is 15.1. The second-order valence-electron chi connectivity index (χ2n) is 9.39. The third-order valence-electron chi connectivity index (χ3n) is 6.84. The number of amides is 3. The molecule has 7 nitrogen and oxygen atoms in total. The third-order valence-corrected chi connectivity index (χ3v) is 8.62. The summed E-state index contributed by atoms with van der Waals surface area (Å²) in [6, 6.07) is 14.0. The van der Waals surface area contributed by atoms with Crippen LogP contribution in [0.3, 0.4) is 0 Å². The fraction of sp³-hybridized carbons (Fsp3) is 0.214. The molecule has 38 heavy (non-hydrogen) atoms. The molecule has 0 fully saturated rings. The lowest BCUT2D eigenvalue weighted by Gasteiger charge is -2.24. The maximum Gasteiger partial charge on any atom is 0.261 e. The number of carbonyl (C=O) groups excluding carboxylic acids is 3. The van der Waals surface area contributed by atoms with Gasteiger partial charge in [0.1, 0.15) is 5.82 Å². The van der Waals surface area contributed by atoms with Crippen LogP contribution in [0.5, 0.6) is 0 Å². The van der Waals surface area contributed by atoms with Crippen LogP contribution in [0.1, 0.15) is 47.2 Å². The minimum absolute atomic E-state index is 0.0298. The van der Waals surface area contributed by atoms with Gasteiger partial charge in [0.2, 0.25) is 0 Å². The van der Waals surface area contributed by atoms with E-state index in [1.54, 1.807) is 42.6 Å². The average Bonchev–Trinajstić information content (AvgIpc) is 3.51. The Balaban J connectivity index is 1.28. The first kappa shape index (κ1) is 24.7. The molecule has 2 aromatic carbocycles. The molecule has 0 aliphatic carbocycles. The van der Waals surface area contributed by atoms with Crippen molar-refractivity contribution in [1.82, 2.24) is 20.0 Å². The highest BCUT2D eigenvalue weighted by Crippen LogP contribution is 2.38. The van der Waals surface area contributed by atoms with Crippen LogP contribution in [0, 0.1) is 5.82 Å². The van der Waals surface area contributed by atoms with Crippen LogP contribution in [-0.4, -0.2) is 45.0 Å². The second kappa shape index (κ2) is 9.92. The van der Waals surface area contributed by atoms with Crippen molar-refractivity contribution in [2.24, 2.45) is 0 Å². The lowest BCUT2D eigenvalue weighted by atomic mass is 10.0. The van der Waals surface area contributed by atoms with Gasteiger partial charge in [0.05, 0.1) is 38.4 Å². The van der Waals surface area contributed by atoms with Crippen molar-refractivity contribution in [3.8, 4) is 11.3 Å². The van der Waals surface area contributed by atoms with Gasteiger partial charge in [-0.15, -0.1) is 11.3 Å². The van der Waals surface area contributed by atoms with E-state index in [1.807, 2.05) is 10.7 Å². The minimum Gasteiger partial charge on any atom is -0.346 e. The lowest BCUT2D eigenvalue weighted by molar-refractivity contribution is 0.0629. The first-order valence-corrected chi connectivity index (χ1v) is 13.8. The summed E-state index contributed by atoms with van der Waals surface area (Å²) >= 11 is 5.01. The molecular weight excluding hydrogens is 571 g/mol. The average molecular weight is 593 g/mol. The number of nitrogens with one attached hydrogen (secondary N) is 1. The van der Waals surface area contributed by atoms with Gasteiger partial charge in [0.15, 0.2) is 0 Å². The molecule has 0 radical (unpaired) electrons. The van der Waals surface area contributed by atoms with E-state index in [9.17, 15) is 18.8 Å². The molecular formula is C28H22BrFN4O3S. The van der Waals surface area contributed by atoms with Crippen molar-refractivity contribution < 1.29 is 18.8 Å². The van der Waals surface area contributed by atoms with Crippen LogP contribution in [-0.2, 0) is 19.4 Å². The lowest BCUT2D eigenvalue weighted by Crippen LogP contribution is -2.46. The Bertz CT molecular complexity index is 1560. The van der Waals surface area contributed by atoms with E-state index in [4.69, 9.17) is 0 Å². The monoisotopic (exact) mass is 592 g/mol. The van der Waals surface area contributed by atoms with Gasteiger partial charge in [-0.2, -0.15) is 5.10 Å². The predicted octanol–water partition coefficient (Wildman–Crippen LogP) is 5.10. The van der Waals surface area contributed by atoms with Gasteiger partial charge in [-0.3, -0.25) is 24.0 Å². The highest BCUT2D eigenvalue weighted by atomic mass is 79.9. The highest BCUT2D eigenvalue weighted by molar-refractivity contribution is 9.10. The van der Waals surface area contributed by atoms with Gasteiger partial charge in [-0.1, -0.05) is 24.3 Å². The second-order valence-corrected chi connectivity index (χ2v) is 11.4. The first-order valence-electron chi connectivity index (χ1n) is 12.2. The predicted molar refractivity (Wildman–Crippen MR) is 145 cm³/mol. The van der Waals surface area contributed by atoms with Crippen LogP contribution in [0.2, 0.25) is 0 Å². The number of aromatic nitrogens is 2. The summed E-state index contributed by atoms with van der Waals surface area (Å²) < 4.78 is 16.7. The van der Waals surface area contributed by atoms with Crippen molar-refractivity contribution in [2.75, 3.05) is 6.54 Å². The van der Waals surface area contributed by atoms with Gasteiger partial charge in [0.25, 0.3) is 17.7 Å². The number of hydrogen-bond donors (Lipinski definition) is 1. The van der Waals surface area contributed by atoms with E-state index in [1.165, 1.54) is 23.5 Å². The standard InChI is InChI=1S/C28H22BrFN4O3S/c29-22-14-31-34-10-4-9-23-21(25(22)34)13-24(38-23)26(35)32-18(12-16-5-3-6-17(30)11-16)15-33-27(36)19-7-1-2-8-20(19)28(33)37/h1-3,5-8,11,13-14,18H,4,9-10,12,15H2,(H,32,35)/t18-/m0/s1. The number of imide groups is 1. The largest absolute Gasteiger partial charge is 0.346 e. The maximum absolute atomic E-state index is 13.9. The summed E-state index contributed by atoms with van der Waals surface area (Å²) in [7, 11) is 0. The van der Waals surface area contributed by atoms with Crippen molar-refractivity contribution in [3.63, 3.8) is 0 Å². The van der Waals surface area contributed by atoms with E-state index in [0.717, 1.165) is 44.9 Å². The third kappa shape index (κ3) is 4.48. The van der Waals surface area contributed by atoms with Crippen molar-refractivity contribution in [3.05, 3.63) is 97.5 Å². The Morgan fingerprint density at radius 2 is 1.84 bits per heavy atom. The number of halogens is 2. The number of aryl methyl sites for hydroxylation is 2. The molecule has 0 bridgehead atoms. The maximum atomic E-state index is 13.9. The summed E-state index contributed by atoms with van der Waals surface area (Å²) in [6.07, 6.45) is 3.77. The molecule has 3 amide bonds. The molecule has 1 N–H and O–H groups in total. The van der Waals surface area contributed by atoms with Crippen LogP contribution in [0.25, 0.3) is 11.3 Å². The molecule has 0 unspecified atom stereocenters. The molecule has 192 valence electrons. The van der Waals surface area contributed by atoms with E-state index in [-0.39, 0.29) is 18.9 Å². The van der Waals surface area contributed by atoms with Gasteiger partial charge in [-0.05, 0) is 71.1 Å². The summed E-state index contributed by atoms with van der Waals surface area (Å²) in [5.41, 5.74) is 3.27. The van der Waals surface area contributed by atoms with Crippen molar-refractivity contribution in [2.45, 2.75) is 31.8 Å². The molecule has 2 aromatic heterocycles. The summed E-state index contributed by atoms with van der Waals surface area (Å²) in [6.45, 7) is 0.776. The molecule has 6 rings (SSSR count). The Kier molecular flexibility index (Phi) is 6.45. The zero-order valence-corrected chi connectivity index (χ0v) is 22.5. The Morgan fingerprint density at radius 3 is 2.58 bits per heavy atom. The fourth-order valence-electron chi connectivity index (χ4n) is 5.11. The van der Waals surface area contributed by atoms with Gasteiger partial charge >= 0.3 is 0 Å². The number of carbonyl (C=O) groups is 3. The van der Waals surface area contributed by atoms with Crippen LogP contribution >= 0.6 is 27.3 Å². The minimum atomic E-state index is -0.620. The molecule has 1 atom stereocenters. The smallest absolute Gasteiger partial charge is 0.261 e. The first-order chi connectivity index (χ1) is 18.4. The van der Waals surface area contributed by atoms with Gasteiger partial charge in [0, 0.05) is 23.5 Å². The van der Waals surface area contributed by atoms with Gasteiger partial charge < -0.3 is 5.32 Å². The van der Waals surface area contributed by atoms with Crippen LogP contribution in [0.4, 0.5) is 4.39 Å². The molecule has 0 spiro atoms. The summed E-state index contributed by atoms with van der Waals surface area (Å²) in [5, 5.41) is 7.46. The Morgan fingerprint density at radius 1 is 1.08 bits per heavy atom. The number of thiophene rings is 1. The van der Waals surface area contributed by atoms with Gasteiger partial charge in [-0.25, -0.2) is 4.39 Å². The van der Waals surface area contributed by atoms with Crippen molar-refractivity contribution >= 4 is 45.0 Å². The fourth-order valence-corrected chi connectivity index (χ4v) is 6.72. The number of benzene rings is 2. The summed E-state index contributed by atoms with van der Waals surface area (Å²) in [5.74, 6) is -1.49. The van der Waals surface area contributed by atoms with E-state index in [0.29, 0.717) is 21.6 Å². The molecule has 4 aromatic rings. The molecule has 2 aliphatic rings. The topological polar surface area (TPSA) is 84.3 Å². The number of fused-ring (bicyclic) bond motifs is 4. The van der Waals surface area contributed by atoms with Crippen LogP contribution in [0.15, 0.2) is 65.3 Å². The zero-order chi connectivity index (χ0) is 26.4. The van der Waals surface area contributed by atoms with E-state index < -0.39 is 23.7 Å². The molecule has 4 heterocycles. The number of hydrogen-bond acceptors (Lipinski definition) is 5. The summed E-state index contributed by atoms with van der Waals surface area (Å²) in [4.78, 5) is 42.3. The Hall–Kier alpha value is -3.63. The molecule has 0 saturated carbocycles. The molecule has 0 saturated heterocycles. The van der Waals surface area contributed by atoms with Crippen LogP contribution < -0.4 is 5.32 Å². The van der Waals surface area contributed by atoms with E-state index in [2.05, 4.69) is 26.3 Å². The number of nitrogens with zero attached hydrogens (tertiary/aromatic N) is 3. The SMILES string of the molecule is O=C(N[C@@H](Cc1cccc(F)c1)CN1C(=O)c2ccccc2C1=O)c1cc2c(s1)CCCn1ncc(Br)c1-2. The molecule has 10 heteroatoms. The quantitative estimate of drug-likeness (QED) is 0.316.